The van der Waals surface area contributed by atoms with Gasteiger partial charge in [0.25, 0.3) is 0 Å². The minimum atomic E-state index is 0.784. The second-order valence-corrected chi connectivity index (χ2v) is 6.30. The van der Waals surface area contributed by atoms with Crippen LogP contribution in [0.4, 0.5) is 11.4 Å². The monoisotopic (exact) mass is 340 g/mol. The van der Waals surface area contributed by atoms with Crippen molar-refractivity contribution in [2.45, 2.75) is 0 Å². The van der Waals surface area contributed by atoms with Gasteiger partial charge in [0.05, 0.1) is 26.4 Å². The number of hydrogen-bond acceptors (Lipinski definition) is 5. The van der Waals surface area contributed by atoms with Gasteiger partial charge in [-0.15, -0.1) is 0 Å². The van der Waals surface area contributed by atoms with Crippen LogP contribution in [0.3, 0.4) is 0 Å². The molecule has 0 aromatic heterocycles. The number of anilines is 2. The largest absolute Gasteiger partial charge is 0.457 e. The molecule has 5 nitrogen and oxygen atoms in total. The summed E-state index contributed by atoms with van der Waals surface area (Å²) in [5.74, 6) is 1.73. The Morgan fingerprint density at radius 3 is 1.52 bits per heavy atom. The molecule has 2 fully saturated rings. The Morgan fingerprint density at radius 2 is 1.08 bits per heavy atom. The summed E-state index contributed by atoms with van der Waals surface area (Å²) < 4.78 is 17.0. The Balaban J connectivity index is 1.48. The molecule has 0 radical (unpaired) electrons. The average molecular weight is 340 g/mol. The van der Waals surface area contributed by atoms with Crippen LogP contribution in [0.15, 0.2) is 48.5 Å². The third kappa shape index (κ3) is 4.06. The molecule has 0 N–H and O–H groups in total. The second kappa shape index (κ2) is 7.76. The molecule has 132 valence electrons. The standard InChI is InChI=1S/C20H24N2O3/c1-3-17(21-7-11-23-12-8-21)15-19(5-1)25-20-6-2-4-18(16-20)22-9-13-24-14-10-22/h1-6,15-16H,7-14H2. The van der Waals surface area contributed by atoms with Crippen LogP contribution in [-0.4, -0.2) is 52.6 Å². The first kappa shape index (κ1) is 16.2. The highest BCUT2D eigenvalue weighted by atomic mass is 16.5. The topological polar surface area (TPSA) is 34.2 Å². The van der Waals surface area contributed by atoms with E-state index in [4.69, 9.17) is 14.2 Å². The molecule has 2 heterocycles. The van der Waals surface area contributed by atoms with E-state index in [1.165, 1.54) is 11.4 Å². The molecule has 0 aliphatic carbocycles. The lowest BCUT2D eigenvalue weighted by atomic mass is 10.2. The number of nitrogens with zero attached hydrogens (tertiary/aromatic N) is 2. The summed E-state index contributed by atoms with van der Waals surface area (Å²) in [5, 5.41) is 0. The van der Waals surface area contributed by atoms with Crippen LogP contribution < -0.4 is 14.5 Å². The lowest BCUT2D eigenvalue weighted by Crippen LogP contribution is -2.36. The van der Waals surface area contributed by atoms with Crippen LogP contribution in [0.2, 0.25) is 0 Å². The summed E-state index contributed by atoms with van der Waals surface area (Å²) >= 11 is 0. The van der Waals surface area contributed by atoms with Gasteiger partial charge in [-0.05, 0) is 24.3 Å². The van der Waals surface area contributed by atoms with Gasteiger partial charge in [-0.2, -0.15) is 0 Å². The molecule has 0 bridgehead atoms. The van der Waals surface area contributed by atoms with Crippen molar-refractivity contribution in [3.8, 4) is 11.5 Å². The molecule has 0 amide bonds. The summed E-state index contributed by atoms with van der Waals surface area (Å²) in [6.07, 6.45) is 0. The van der Waals surface area contributed by atoms with Crippen molar-refractivity contribution in [3.05, 3.63) is 48.5 Å². The molecule has 0 unspecified atom stereocenters. The van der Waals surface area contributed by atoms with E-state index in [2.05, 4.69) is 34.1 Å². The van der Waals surface area contributed by atoms with Crippen molar-refractivity contribution in [2.24, 2.45) is 0 Å². The quantitative estimate of drug-likeness (QED) is 0.854. The molecule has 0 atom stereocenters. The molecule has 5 heteroatoms. The van der Waals surface area contributed by atoms with Crippen molar-refractivity contribution >= 4 is 11.4 Å². The SMILES string of the molecule is c1cc(Oc2cccc(N3CCOCC3)c2)cc(N2CCOCC2)c1. The third-order valence-electron chi connectivity index (χ3n) is 4.62. The number of morpholine rings is 2. The normalized spacial score (nSPS) is 18.2. The summed E-state index contributed by atoms with van der Waals surface area (Å²) in [5.41, 5.74) is 2.37. The molecule has 25 heavy (non-hydrogen) atoms. The fraction of sp³-hybridized carbons (Fsp3) is 0.400. The molecule has 2 aromatic carbocycles. The zero-order chi connectivity index (χ0) is 16.9. The zero-order valence-corrected chi connectivity index (χ0v) is 14.4. The van der Waals surface area contributed by atoms with E-state index in [1.54, 1.807) is 0 Å². The second-order valence-electron chi connectivity index (χ2n) is 6.30. The molecular formula is C20H24N2O3. The van der Waals surface area contributed by atoms with Gasteiger partial charge in [0.1, 0.15) is 11.5 Å². The maximum Gasteiger partial charge on any atom is 0.129 e. The van der Waals surface area contributed by atoms with E-state index < -0.39 is 0 Å². The number of ether oxygens (including phenoxy) is 3. The van der Waals surface area contributed by atoms with Gasteiger partial charge in [0.2, 0.25) is 0 Å². The van der Waals surface area contributed by atoms with E-state index in [0.717, 1.165) is 64.1 Å². The highest BCUT2D eigenvalue weighted by molar-refractivity contribution is 5.54. The van der Waals surface area contributed by atoms with E-state index in [-0.39, 0.29) is 0 Å². The summed E-state index contributed by atoms with van der Waals surface area (Å²) in [6.45, 7) is 6.84. The summed E-state index contributed by atoms with van der Waals surface area (Å²) in [4.78, 5) is 4.67. The first-order valence-corrected chi connectivity index (χ1v) is 8.92. The third-order valence-corrected chi connectivity index (χ3v) is 4.62. The lowest BCUT2D eigenvalue weighted by molar-refractivity contribution is 0.122. The van der Waals surface area contributed by atoms with E-state index >= 15 is 0 Å². The van der Waals surface area contributed by atoms with Crippen LogP contribution in [0.5, 0.6) is 11.5 Å². The van der Waals surface area contributed by atoms with Crippen LogP contribution in [0.1, 0.15) is 0 Å². The summed E-state index contributed by atoms with van der Waals surface area (Å²) in [6, 6.07) is 16.6. The maximum absolute atomic E-state index is 6.13. The molecule has 2 aromatic rings. The first-order chi connectivity index (χ1) is 12.4. The molecule has 2 aliphatic rings. The Hall–Kier alpha value is -2.24. The smallest absolute Gasteiger partial charge is 0.129 e. The van der Waals surface area contributed by atoms with Crippen LogP contribution in [0.25, 0.3) is 0 Å². The Morgan fingerprint density at radius 1 is 0.640 bits per heavy atom. The average Bonchev–Trinajstić information content (AvgIpc) is 2.70. The molecule has 2 saturated heterocycles. The Bertz CT molecular complexity index is 635. The van der Waals surface area contributed by atoms with Crippen LogP contribution >= 0.6 is 0 Å². The van der Waals surface area contributed by atoms with Crippen LogP contribution in [-0.2, 0) is 9.47 Å². The predicted octanol–water partition coefficient (Wildman–Crippen LogP) is 3.15. The van der Waals surface area contributed by atoms with Gasteiger partial charge >= 0.3 is 0 Å². The van der Waals surface area contributed by atoms with E-state index in [1.807, 2.05) is 24.3 Å². The van der Waals surface area contributed by atoms with Gasteiger partial charge in [0, 0.05) is 49.7 Å². The minimum Gasteiger partial charge on any atom is -0.457 e. The molecular weight excluding hydrogens is 316 g/mol. The fourth-order valence-corrected chi connectivity index (χ4v) is 3.27. The lowest BCUT2D eigenvalue weighted by Gasteiger charge is -2.29. The van der Waals surface area contributed by atoms with Gasteiger partial charge in [-0.3, -0.25) is 0 Å². The molecule has 2 aliphatic heterocycles. The van der Waals surface area contributed by atoms with Crippen LogP contribution in [0, 0.1) is 0 Å². The van der Waals surface area contributed by atoms with Crippen molar-refractivity contribution in [3.63, 3.8) is 0 Å². The highest BCUT2D eigenvalue weighted by Gasteiger charge is 2.13. The Kier molecular flexibility index (Phi) is 5.04. The zero-order valence-electron chi connectivity index (χ0n) is 14.4. The van der Waals surface area contributed by atoms with Crippen molar-refractivity contribution in [1.82, 2.24) is 0 Å². The van der Waals surface area contributed by atoms with Crippen molar-refractivity contribution in [2.75, 3.05) is 62.4 Å². The first-order valence-electron chi connectivity index (χ1n) is 8.92. The number of benzene rings is 2. The fourth-order valence-electron chi connectivity index (χ4n) is 3.27. The number of rotatable bonds is 4. The Labute approximate surface area is 148 Å². The molecule has 0 saturated carbocycles. The van der Waals surface area contributed by atoms with Gasteiger partial charge in [0.15, 0.2) is 0 Å². The molecule has 4 rings (SSSR count). The van der Waals surface area contributed by atoms with Crippen molar-refractivity contribution in [1.29, 1.82) is 0 Å². The van der Waals surface area contributed by atoms with E-state index in [0.29, 0.717) is 0 Å². The minimum absolute atomic E-state index is 0.784. The highest BCUT2D eigenvalue weighted by Crippen LogP contribution is 2.29. The summed E-state index contributed by atoms with van der Waals surface area (Å²) in [7, 11) is 0. The number of hydrogen-bond donors (Lipinski definition) is 0. The van der Waals surface area contributed by atoms with E-state index in [9.17, 15) is 0 Å². The van der Waals surface area contributed by atoms with Gasteiger partial charge < -0.3 is 24.0 Å². The van der Waals surface area contributed by atoms with Crippen molar-refractivity contribution < 1.29 is 14.2 Å². The van der Waals surface area contributed by atoms with Gasteiger partial charge in [-0.1, -0.05) is 12.1 Å². The molecule has 0 spiro atoms. The maximum atomic E-state index is 6.13. The predicted molar refractivity (Wildman–Crippen MR) is 99.0 cm³/mol. The van der Waals surface area contributed by atoms with Gasteiger partial charge in [-0.25, -0.2) is 0 Å².